The van der Waals surface area contributed by atoms with Crippen LogP contribution in [0.2, 0.25) is 10.0 Å². The van der Waals surface area contributed by atoms with Crippen molar-refractivity contribution in [1.82, 2.24) is 15.3 Å². The molecule has 1 aliphatic heterocycles. The van der Waals surface area contributed by atoms with Crippen LogP contribution in [0.25, 0.3) is 0 Å². The molecule has 2 N–H and O–H groups in total. The van der Waals surface area contributed by atoms with Crippen molar-refractivity contribution in [2.45, 2.75) is 38.5 Å². The monoisotopic (exact) mass is 433 g/mol. The summed E-state index contributed by atoms with van der Waals surface area (Å²) in [6, 6.07) is 4.80. The zero-order valence-corrected chi connectivity index (χ0v) is 16.7. The van der Waals surface area contributed by atoms with Gasteiger partial charge in [-0.3, -0.25) is 5.32 Å². The van der Waals surface area contributed by atoms with Crippen molar-refractivity contribution in [1.29, 1.82) is 0 Å². The SMILES string of the molecule is CCCN(c1nc(Nc2ccc(Cl)c(Cl)c2)ncc1C(F)(F)F)C1CCCN1. The molecule has 1 unspecified atom stereocenters. The summed E-state index contributed by atoms with van der Waals surface area (Å²) in [7, 11) is 0. The molecular weight excluding hydrogens is 414 g/mol. The molecule has 10 heteroatoms. The number of nitrogens with zero attached hydrogens (tertiary/aromatic N) is 3. The van der Waals surface area contributed by atoms with Crippen molar-refractivity contribution in [2.24, 2.45) is 0 Å². The molecule has 1 saturated heterocycles. The van der Waals surface area contributed by atoms with Gasteiger partial charge in [-0.05, 0) is 44.0 Å². The maximum Gasteiger partial charge on any atom is 0.421 e. The first-order valence-corrected chi connectivity index (χ1v) is 9.71. The van der Waals surface area contributed by atoms with Crippen LogP contribution in [0.1, 0.15) is 31.7 Å². The Kier molecular flexibility index (Phi) is 6.52. The van der Waals surface area contributed by atoms with Gasteiger partial charge in [0.05, 0.1) is 16.2 Å². The topological polar surface area (TPSA) is 53.1 Å². The molecule has 0 radical (unpaired) electrons. The highest BCUT2D eigenvalue weighted by Crippen LogP contribution is 2.37. The van der Waals surface area contributed by atoms with E-state index in [9.17, 15) is 13.2 Å². The zero-order chi connectivity index (χ0) is 20.3. The van der Waals surface area contributed by atoms with Crippen LogP contribution in [0.15, 0.2) is 24.4 Å². The fourth-order valence-corrected chi connectivity index (χ4v) is 3.44. The van der Waals surface area contributed by atoms with Gasteiger partial charge in [0.2, 0.25) is 5.95 Å². The molecule has 28 heavy (non-hydrogen) atoms. The number of nitrogens with one attached hydrogen (secondary N) is 2. The van der Waals surface area contributed by atoms with E-state index >= 15 is 0 Å². The molecule has 0 aliphatic carbocycles. The van der Waals surface area contributed by atoms with Gasteiger partial charge >= 0.3 is 6.18 Å². The van der Waals surface area contributed by atoms with Crippen molar-refractivity contribution in [2.75, 3.05) is 23.3 Å². The molecule has 0 saturated carbocycles. The molecule has 1 fully saturated rings. The van der Waals surface area contributed by atoms with Crippen LogP contribution in [0.4, 0.5) is 30.6 Å². The van der Waals surface area contributed by atoms with E-state index in [1.807, 2.05) is 6.92 Å². The van der Waals surface area contributed by atoms with Crippen LogP contribution in [0.5, 0.6) is 0 Å². The maximum absolute atomic E-state index is 13.6. The third kappa shape index (κ3) is 4.79. The molecule has 0 amide bonds. The quantitative estimate of drug-likeness (QED) is 0.632. The minimum Gasteiger partial charge on any atom is -0.340 e. The van der Waals surface area contributed by atoms with Crippen molar-refractivity contribution in [3.63, 3.8) is 0 Å². The van der Waals surface area contributed by atoms with Gasteiger partial charge in [0.1, 0.15) is 11.4 Å². The van der Waals surface area contributed by atoms with Crippen molar-refractivity contribution in [3.8, 4) is 0 Å². The van der Waals surface area contributed by atoms with Crippen LogP contribution in [-0.4, -0.2) is 29.2 Å². The highest BCUT2D eigenvalue weighted by molar-refractivity contribution is 6.42. The maximum atomic E-state index is 13.6. The highest BCUT2D eigenvalue weighted by Gasteiger charge is 2.38. The molecule has 1 aromatic heterocycles. The Hall–Kier alpha value is -1.77. The largest absolute Gasteiger partial charge is 0.421 e. The second-order valence-corrected chi connectivity index (χ2v) is 7.30. The van der Waals surface area contributed by atoms with E-state index in [0.29, 0.717) is 28.7 Å². The Balaban J connectivity index is 1.99. The van der Waals surface area contributed by atoms with E-state index in [1.165, 1.54) is 0 Å². The first-order valence-electron chi connectivity index (χ1n) is 8.96. The van der Waals surface area contributed by atoms with Crippen molar-refractivity contribution >= 4 is 40.7 Å². The minimum atomic E-state index is -4.55. The summed E-state index contributed by atoms with van der Waals surface area (Å²) in [4.78, 5) is 9.75. The Morgan fingerprint density at radius 2 is 2.07 bits per heavy atom. The molecular formula is C18H20Cl2F3N5. The van der Waals surface area contributed by atoms with Gasteiger partial charge < -0.3 is 10.2 Å². The first-order chi connectivity index (χ1) is 13.3. The molecule has 0 bridgehead atoms. The van der Waals surface area contributed by atoms with Gasteiger partial charge in [0, 0.05) is 18.4 Å². The molecule has 1 aliphatic rings. The summed E-state index contributed by atoms with van der Waals surface area (Å²) in [5.41, 5.74) is -0.324. The van der Waals surface area contributed by atoms with E-state index < -0.39 is 11.7 Å². The molecule has 1 aromatic carbocycles. The number of aromatic nitrogens is 2. The third-order valence-electron chi connectivity index (χ3n) is 4.40. The highest BCUT2D eigenvalue weighted by atomic mass is 35.5. The molecule has 3 rings (SSSR count). The molecule has 2 aromatic rings. The lowest BCUT2D eigenvalue weighted by molar-refractivity contribution is -0.137. The van der Waals surface area contributed by atoms with Gasteiger partial charge in [-0.2, -0.15) is 18.2 Å². The lowest BCUT2D eigenvalue weighted by atomic mass is 10.2. The lowest BCUT2D eigenvalue weighted by Crippen LogP contribution is -2.44. The van der Waals surface area contributed by atoms with E-state index in [0.717, 1.165) is 25.6 Å². The van der Waals surface area contributed by atoms with Crippen LogP contribution in [0.3, 0.4) is 0 Å². The zero-order valence-electron chi connectivity index (χ0n) is 15.2. The Bertz CT molecular complexity index is 825. The van der Waals surface area contributed by atoms with Crippen LogP contribution in [0, 0.1) is 0 Å². The Labute approximate surface area is 171 Å². The summed E-state index contributed by atoms with van der Waals surface area (Å²) >= 11 is 11.9. The smallest absolute Gasteiger partial charge is 0.340 e. The van der Waals surface area contributed by atoms with Crippen molar-refractivity contribution < 1.29 is 13.2 Å². The Morgan fingerprint density at radius 1 is 1.29 bits per heavy atom. The van der Waals surface area contributed by atoms with Crippen LogP contribution >= 0.6 is 23.2 Å². The van der Waals surface area contributed by atoms with E-state index in [2.05, 4.69) is 20.6 Å². The number of alkyl halides is 3. The number of halogens is 5. The fourth-order valence-electron chi connectivity index (χ4n) is 3.14. The molecule has 2 heterocycles. The van der Waals surface area contributed by atoms with Crippen molar-refractivity contribution in [3.05, 3.63) is 40.0 Å². The van der Waals surface area contributed by atoms with Crippen LogP contribution in [-0.2, 0) is 6.18 Å². The minimum absolute atomic E-state index is 0.0560. The van der Waals surface area contributed by atoms with E-state index in [4.69, 9.17) is 23.2 Å². The number of benzene rings is 1. The van der Waals surface area contributed by atoms with E-state index in [1.54, 1.807) is 23.1 Å². The molecule has 0 spiro atoms. The average molecular weight is 434 g/mol. The van der Waals surface area contributed by atoms with Gasteiger partial charge in [0.25, 0.3) is 0 Å². The number of hydrogen-bond acceptors (Lipinski definition) is 5. The summed E-state index contributed by atoms with van der Waals surface area (Å²) in [5.74, 6) is -0.0770. The normalized spacial score (nSPS) is 17.0. The fraction of sp³-hybridized carbons (Fsp3) is 0.444. The lowest BCUT2D eigenvalue weighted by Gasteiger charge is -2.32. The molecule has 5 nitrogen and oxygen atoms in total. The van der Waals surface area contributed by atoms with E-state index in [-0.39, 0.29) is 17.9 Å². The Morgan fingerprint density at radius 3 is 2.68 bits per heavy atom. The first kappa shape index (κ1) is 21.0. The number of anilines is 3. The standard InChI is InChI=1S/C18H20Cl2F3N5/c1-2-8-28(15-4-3-7-24-15)16-12(18(21,22)23)10-25-17(27-16)26-11-5-6-13(19)14(20)9-11/h5-6,9-10,15,24H,2-4,7-8H2,1H3,(H,25,26,27). The second-order valence-electron chi connectivity index (χ2n) is 6.49. The summed E-state index contributed by atoms with van der Waals surface area (Å²) in [5, 5.41) is 6.84. The van der Waals surface area contributed by atoms with Gasteiger partial charge in [0.15, 0.2) is 0 Å². The average Bonchev–Trinajstić information content (AvgIpc) is 3.16. The van der Waals surface area contributed by atoms with Gasteiger partial charge in [-0.1, -0.05) is 30.1 Å². The number of rotatable bonds is 6. The summed E-state index contributed by atoms with van der Waals surface area (Å²) in [6.45, 7) is 3.14. The van der Waals surface area contributed by atoms with Crippen LogP contribution < -0.4 is 15.5 Å². The summed E-state index contributed by atoms with van der Waals surface area (Å²) in [6.07, 6.45) is -1.56. The second kappa shape index (κ2) is 8.71. The third-order valence-corrected chi connectivity index (χ3v) is 5.14. The number of hydrogen-bond donors (Lipinski definition) is 2. The molecule has 1 atom stereocenters. The predicted molar refractivity (Wildman–Crippen MR) is 105 cm³/mol. The summed E-state index contributed by atoms with van der Waals surface area (Å²) < 4.78 is 40.8. The molecule has 152 valence electrons. The predicted octanol–water partition coefficient (Wildman–Crippen LogP) is 5.47. The van der Waals surface area contributed by atoms with Gasteiger partial charge in [-0.25, -0.2) is 4.98 Å². The van der Waals surface area contributed by atoms with Gasteiger partial charge in [-0.15, -0.1) is 0 Å².